The third-order valence-corrected chi connectivity index (χ3v) is 3.33. The highest BCUT2D eigenvalue weighted by Crippen LogP contribution is 2.10. The van der Waals surface area contributed by atoms with Crippen molar-refractivity contribution >= 4 is 12.0 Å². The van der Waals surface area contributed by atoms with Crippen molar-refractivity contribution in [2.24, 2.45) is 0 Å². The van der Waals surface area contributed by atoms with Gasteiger partial charge in [-0.15, -0.1) is 0 Å². The lowest BCUT2D eigenvalue weighted by molar-refractivity contribution is -0.116. The molecule has 0 fully saturated rings. The fourth-order valence-corrected chi connectivity index (χ4v) is 2.25. The predicted octanol–water partition coefficient (Wildman–Crippen LogP) is 3.22. The maximum atomic E-state index is 13.1. The number of nitrogens with zero attached hydrogens (tertiary/aromatic N) is 1. The van der Waals surface area contributed by atoms with Gasteiger partial charge in [-0.25, -0.2) is 4.39 Å². The van der Waals surface area contributed by atoms with E-state index in [2.05, 4.69) is 16.3 Å². The third-order valence-electron chi connectivity index (χ3n) is 3.33. The van der Waals surface area contributed by atoms with Crippen molar-refractivity contribution in [1.29, 1.82) is 0 Å². The van der Waals surface area contributed by atoms with E-state index in [0.29, 0.717) is 12.1 Å². The summed E-state index contributed by atoms with van der Waals surface area (Å²) in [5, 5.41) is 2.86. The number of carbonyl (C=O) groups is 1. The molecule has 2 aromatic rings. The molecule has 0 aliphatic rings. The molecule has 0 aromatic heterocycles. The Hall–Kier alpha value is -2.46. The van der Waals surface area contributed by atoms with Crippen LogP contribution in [0.15, 0.2) is 54.6 Å². The Bertz CT molecular complexity index is 695. The normalized spacial score (nSPS) is 11.1. The van der Waals surface area contributed by atoms with Gasteiger partial charge in [-0.1, -0.05) is 36.4 Å². The largest absolute Gasteiger partial charge is 0.348 e. The number of nitrogens with one attached hydrogen (secondary N) is 1. The van der Waals surface area contributed by atoms with Gasteiger partial charge in [-0.3, -0.25) is 4.79 Å². The van der Waals surface area contributed by atoms with E-state index < -0.39 is 0 Å². The summed E-state index contributed by atoms with van der Waals surface area (Å²) in [5.74, 6) is -0.515. The number of hydrogen-bond acceptors (Lipinski definition) is 2. The van der Waals surface area contributed by atoms with Crippen molar-refractivity contribution in [2.45, 2.75) is 13.1 Å². The number of halogens is 1. The maximum absolute atomic E-state index is 13.1. The zero-order valence-corrected chi connectivity index (χ0v) is 13.4. The van der Waals surface area contributed by atoms with Crippen LogP contribution < -0.4 is 5.32 Å². The van der Waals surface area contributed by atoms with Crippen LogP contribution in [0.2, 0.25) is 0 Å². The Morgan fingerprint density at radius 3 is 2.57 bits per heavy atom. The van der Waals surface area contributed by atoms with Gasteiger partial charge in [-0.2, -0.15) is 0 Å². The van der Waals surface area contributed by atoms with Crippen LogP contribution in [0.1, 0.15) is 16.7 Å². The van der Waals surface area contributed by atoms with Gasteiger partial charge < -0.3 is 10.2 Å². The third kappa shape index (κ3) is 5.68. The van der Waals surface area contributed by atoms with Crippen molar-refractivity contribution in [3.05, 3.63) is 77.1 Å². The van der Waals surface area contributed by atoms with Gasteiger partial charge in [0.15, 0.2) is 0 Å². The quantitative estimate of drug-likeness (QED) is 0.831. The van der Waals surface area contributed by atoms with E-state index in [0.717, 1.165) is 12.1 Å². The summed E-state index contributed by atoms with van der Waals surface area (Å²) in [6.07, 6.45) is 3.02. The maximum Gasteiger partial charge on any atom is 0.244 e. The molecule has 0 radical (unpaired) electrons. The molecule has 0 bridgehead atoms. The summed E-state index contributed by atoms with van der Waals surface area (Å²) in [6.45, 7) is 1.29. The van der Waals surface area contributed by atoms with Crippen LogP contribution in [0.3, 0.4) is 0 Å². The average molecular weight is 312 g/mol. The average Bonchev–Trinajstić information content (AvgIpc) is 2.51. The Morgan fingerprint density at radius 1 is 1.13 bits per heavy atom. The molecule has 1 N–H and O–H groups in total. The molecule has 2 aromatic carbocycles. The lowest BCUT2D eigenvalue weighted by Gasteiger charge is -2.14. The fraction of sp³-hybridized carbons (Fsp3) is 0.211. The second kappa shape index (κ2) is 8.25. The molecule has 4 heteroatoms. The van der Waals surface area contributed by atoms with Crippen molar-refractivity contribution < 1.29 is 9.18 Å². The molecule has 0 unspecified atom stereocenters. The Morgan fingerprint density at radius 2 is 1.87 bits per heavy atom. The van der Waals surface area contributed by atoms with Gasteiger partial charge in [0.05, 0.1) is 0 Å². The molecule has 0 saturated heterocycles. The zero-order valence-electron chi connectivity index (χ0n) is 13.4. The Balaban J connectivity index is 1.94. The van der Waals surface area contributed by atoms with Gasteiger partial charge in [-0.05, 0) is 49.0 Å². The van der Waals surface area contributed by atoms with E-state index in [4.69, 9.17) is 0 Å². The van der Waals surface area contributed by atoms with Crippen LogP contribution in [0.4, 0.5) is 4.39 Å². The first kappa shape index (κ1) is 16.9. The molecular formula is C19H21FN2O. The second-order valence-electron chi connectivity index (χ2n) is 5.61. The van der Waals surface area contributed by atoms with E-state index in [9.17, 15) is 9.18 Å². The molecule has 3 nitrogen and oxygen atoms in total. The molecule has 0 spiro atoms. The minimum atomic E-state index is -0.315. The van der Waals surface area contributed by atoms with E-state index in [1.807, 2.05) is 32.3 Å². The summed E-state index contributed by atoms with van der Waals surface area (Å²) < 4.78 is 13.1. The number of carbonyl (C=O) groups excluding carboxylic acids is 1. The molecule has 0 atom stereocenters. The first-order chi connectivity index (χ1) is 11.0. The minimum absolute atomic E-state index is 0.200. The smallest absolute Gasteiger partial charge is 0.244 e. The van der Waals surface area contributed by atoms with Crippen LogP contribution >= 0.6 is 0 Å². The van der Waals surface area contributed by atoms with Crippen LogP contribution in [0.5, 0.6) is 0 Å². The first-order valence-electron chi connectivity index (χ1n) is 7.47. The fourth-order valence-electron chi connectivity index (χ4n) is 2.25. The molecule has 0 aliphatic heterocycles. The summed E-state index contributed by atoms with van der Waals surface area (Å²) in [6, 6.07) is 14.1. The summed E-state index contributed by atoms with van der Waals surface area (Å²) >= 11 is 0. The molecule has 23 heavy (non-hydrogen) atoms. The number of rotatable bonds is 6. The second-order valence-corrected chi connectivity index (χ2v) is 5.61. The molecule has 2 rings (SSSR count). The van der Waals surface area contributed by atoms with E-state index in [1.165, 1.54) is 23.8 Å². The molecule has 0 aliphatic carbocycles. The number of benzene rings is 2. The highest BCUT2D eigenvalue weighted by Gasteiger charge is 2.04. The Labute approximate surface area is 136 Å². The monoisotopic (exact) mass is 312 g/mol. The summed E-state index contributed by atoms with van der Waals surface area (Å²) in [4.78, 5) is 14.0. The lowest BCUT2D eigenvalue weighted by atomic mass is 10.1. The first-order valence-corrected chi connectivity index (χ1v) is 7.47. The molecule has 120 valence electrons. The van der Waals surface area contributed by atoms with Crippen LogP contribution in [-0.4, -0.2) is 24.9 Å². The van der Waals surface area contributed by atoms with Crippen LogP contribution in [0, 0.1) is 5.82 Å². The number of amides is 1. The van der Waals surface area contributed by atoms with Crippen molar-refractivity contribution in [2.75, 3.05) is 14.1 Å². The highest BCUT2D eigenvalue weighted by molar-refractivity contribution is 5.91. The highest BCUT2D eigenvalue weighted by atomic mass is 19.1. The minimum Gasteiger partial charge on any atom is -0.348 e. The van der Waals surface area contributed by atoms with Gasteiger partial charge in [0, 0.05) is 19.2 Å². The standard InChI is InChI=1S/C19H21FN2O/c1-22(2)14-17-8-4-3-7-16(17)13-21-19(23)11-10-15-6-5-9-18(20)12-15/h3-12H,13-14H2,1-2H3,(H,21,23)/b11-10+. The van der Waals surface area contributed by atoms with Gasteiger partial charge in [0.1, 0.15) is 5.82 Å². The topological polar surface area (TPSA) is 32.3 Å². The van der Waals surface area contributed by atoms with E-state index >= 15 is 0 Å². The summed E-state index contributed by atoms with van der Waals surface area (Å²) in [7, 11) is 4.02. The van der Waals surface area contributed by atoms with Crippen molar-refractivity contribution in [3.63, 3.8) is 0 Å². The molecular weight excluding hydrogens is 291 g/mol. The molecule has 0 heterocycles. The number of hydrogen-bond donors (Lipinski definition) is 1. The lowest BCUT2D eigenvalue weighted by Crippen LogP contribution is -2.22. The van der Waals surface area contributed by atoms with Crippen LogP contribution in [-0.2, 0) is 17.9 Å². The van der Waals surface area contributed by atoms with Gasteiger partial charge in [0.2, 0.25) is 5.91 Å². The predicted molar refractivity (Wildman–Crippen MR) is 91.1 cm³/mol. The van der Waals surface area contributed by atoms with Gasteiger partial charge >= 0.3 is 0 Å². The van der Waals surface area contributed by atoms with Crippen molar-refractivity contribution in [1.82, 2.24) is 10.2 Å². The SMILES string of the molecule is CN(C)Cc1ccccc1CNC(=O)/C=C/c1cccc(F)c1. The van der Waals surface area contributed by atoms with E-state index in [1.54, 1.807) is 18.2 Å². The summed E-state index contributed by atoms with van der Waals surface area (Å²) in [5.41, 5.74) is 2.94. The van der Waals surface area contributed by atoms with Crippen molar-refractivity contribution in [3.8, 4) is 0 Å². The van der Waals surface area contributed by atoms with E-state index in [-0.39, 0.29) is 11.7 Å². The van der Waals surface area contributed by atoms with Crippen LogP contribution in [0.25, 0.3) is 6.08 Å². The Kier molecular flexibility index (Phi) is 6.06. The molecule has 0 saturated carbocycles. The van der Waals surface area contributed by atoms with Gasteiger partial charge in [0.25, 0.3) is 0 Å². The zero-order chi connectivity index (χ0) is 16.7. The molecule has 1 amide bonds.